The Bertz CT molecular complexity index is 1660. The minimum absolute atomic E-state index is 0.0836. The fourth-order valence-electron chi connectivity index (χ4n) is 5.19. The number of carbonyl (C=O) groups excluding carboxylic acids is 1. The zero-order valence-electron chi connectivity index (χ0n) is 24.8. The van der Waals surface area contributed by atoms with E-state index in [2.05, 4.69) is 21.5 Å². The highest BCUT2D eigenvalue weighted by molar-refractivity contribution is 7.87. The first-order valence-electron chi connectivity index (χ1n) is 14.6. The maximum absolute atomic E-state index is 13.4. The van der Waals surface area contributed by atoms with Crippen LogP contribution in [0.5, 0.6) is 5.75 Å². The van der Waals surface area contributed by atoms with Gasteiger partial charge in [0.25, 0.3) is 16.1 Å². The largest absolute Gasteiger partial charge is 0.491 e. The third-order valence-corrected chi connectivity index (χ3v) is 9.30. The number of nitrogens with zero attached hydrogens (tertiary/aromatic N) is 3. The second-order valence-electron chi connectivity index (χ2n) is 11.1. The summed E-state index contributed by atoms with van der Waals surface area (Å²) in [7, 11) is -3.92. The summed E-state index contributed by atoms with van der Waals surface area (Å²) < 4.78 is 35.0. The summed E-state index contributed by atoms with van der Waals surface area (Å²) in [5, 5.41) is 9.36. The predicted molar refractivity (Wildman–Crippen MR) is 168 cm³/mol. The van der Waals surface area contributed by atoms with Crippen molar-refractivity contribution in [3.63, 3.8) is 0 Å². The number of amides is 1. The Morgan fingerprint density at radius 1 is 0.932 bits per heavy atom. The highest BCUT2D eigenvalue weighted by Crippen LogP contribution is 2.25. The second-order valence-corrected chi connectivity index (χ2v) is 12.8. The van der Waals surface area contributed by atoms with Crippen molar-refractivity contribution in [2.24, 2.45) is 5.92 Å². The first kappa shape index (κ1) is 31.1. The molecular formula is C33H36N4O6S. The van der Waals surface area contributed by atoms with Crippen LogP contribution in [0.2, 0.25) is 0 Å². The van der Waals surface area contributed by atoms with Gasteiger partial charge in [-0.25, -0.2) is 0 Å². The van der Waals surface area contributed by atoms with Gasteiger partial charge in [-0.2, -0.15) is 17.4 Å². The van der Waals surface area contributed by atoms with Crippen molar-refractivity contribution in [1.82, 2.24) is 13.9 Å². The average molecular weight is 617 g/mol. The highest BCUT2D eigenvalue weighted by atomic mass is 32.2. The van der Waals surface area contributed by atoms with Crippen molar-refractivity contribution in [3.05, 3.63) is 95.1 Å². The Labute approximate surface area is 258 Å². The lowest BCUT2D eigenvalue weighted by Crippen LogP contribution is -2.55. The van der Waals surface area contributed by atoms with Crippen LogP contribution in [0.1, 0.15) is 40.9 Å². The predicted octanol–water partition coefficient (Wildman–Crippen LogP) is 3.19. The molecule has 5 rings (SSSR count). The maximum atomic E-state index is 13.4. The molecule has 0 aliphatic carbocycles. The van der Waals surface area contributed by atoms with E-state index in [-0.39, 0.29) is 24.9 Å². The smallest absolute Gasteiger partial charge is 0.322 e. The third kappa shape index (κ3) is 7.39. The summed E-state index contributed by atoms with van der Waals surface area (Å²) in [6, 6.07) is 21.8. The van der Waals surface area contributed by atoms with Gasteiger partial charge in [-0.3, -0.25) is 9.59 Å². The van der Waals surface area contributed by atoms with Crippen LogP contribution in [0.15, 0.2) is 72.8 Å². The molecule has 2 aliphatic rings. The van der Waals surface area contributed by atoms with Crippen LogP contribution in [-0.2, 0) is 21.5 Å². The van der Waals surface area contributed by atoms with Crippen LogP contribution < -0.4 is 14.4 Å². The van der Waals surface area contributed by atoms with E-state index in [0.717, 1.165) is 16.8 Å². The van der Waals surface area contributed by atoms with E-state index in [1.807, 2.05) is 60.7 Å². The molecule has 11 heteroatoms. The topological polar surface area (TPSA) is 119 Å². The Balaban J connectivity index is 1.21. The number of hydrogen-bond acceptors (Lipinski definition) is 6. The van der Waals surface area contributed by atoms with Gasteiger partial charge in [0.1, 0.15) is 18.4 Å². The number of piperazine rings is 1. The number of carboxylic acid groups (broad SMARTS) is 1. The molecule has 2 aliphatic heterocycles. The monoisotopic (exact) mass is 616 g/mol. The molecule has 0 spiro atoms. The number of benzene rings is 3. The van der Waals surface area contributed by atoms with E-state index < -0.39 is 22.2 Å². The van der Waals surface area contributed by atoms with Crippen molar-refractivity contribution in [1.29, 1.82) is 0 Å². The summed E-state index contributed by atoms with van der Waals surface area (Å²) in [5.41, 5.74) is 4.01. The summed E-state index contributed by atoms with van der Waals surface area (Å²) in [5.74, 6) is 5.22. The Kier molecular flexibility index (Phi) is 9.54. The number of carbonyl (C=O) groups is 2. The minimum atomic E-state index is -3.92. The van der Waals surface area contributed by atoms with E-state index >= 15 is 0 Å². The molecule has 1 saturated heterocycles. The molecule has 1 atom stereocenters. The summed E-state index contributed by atoms with van der Waals surface area (Å²) in [4.78, 5) is 28.7. The van der Waals surface area contributed by atoms with Crippen LogP contribution in [0.4, 0.5) is 5.69 Å². The van der Waals surface area contributed by atoms with Gasteiger partial charge in [-0.1, -0.05) is 56.0 Å². The summed E-state index contributed by atoms with van der Waals surface area (Å²) >= 11 is 0. The molecule has 1 fully saturated rings. The van der Waals surface area contributed by atoms with Gasteiger partial charge < -0.3 is 19.6 Å². The molecule has 1 amide bonds. The number of ether oxygens (including phenoxy) is 1. The number of anilines is 1. The average Bonchev–Trinajstić information content (AvgIpc) is 3.17. The Morgan fingerprint density at radius 2 is 1.59 bits per heavy atom. The molecule has 0 aromatic heterocycles. The summed E-state index contributed by atoms with van der Waals surface area (Å²) in [6.45, 7) is 6.19. The van der Waals surface area contributed by atoms with E-state index in [1.54, 1.807) is 30.9 Å². The van der Waals surface area contributed by atoms with Gasteiger partial charge in [0.05, 0.1) is 12.1 Å². The molecule has 3 aromatic rings. The molecule has 0 unspecified atom stereocenters. The SMILES string of the molecule is CC(C)[C@@H](NS(=O)(=O)N1CCN(c2ccc(C#Cc3ccc4c(c3)C(=O)N(Cc3ccccc3)CCO4)cc2)CC1)C(=O)O. The van der Waals surface area contributed by atoms with Crippen LogP contribution >= 0.6 is 0 Å². The van der Waals surface area contributed by atoms with Crippen LogP contribution in [0, 0.1) is 17.8 Å². The second kappa shape index (κ2) is 13.5. The fourth-order valence-corrected chi connectivity index (χ4v) is 6.67. The zero-order chi connectivity index (χ0) is 31.3. The standard InChI is InChI=1S/C33H36N4O6S/c1-24(2)31(33(39)40)34-44(41,42)37-18-16-35(17-19-37)28-13-10-25(11-14-28)8-9-26-12-15-30-29(22-26)32(38)36(20-21-43-30)23-27-6-4-3-5-7-27/h3-7,10-15,22,24,31,34H,16-21,23H2,1-2H3,(H,39,40)/t31-/m1/s1. The normalized spacial score (nSPS) is 16.4. The first-order valence-corrected chi connectivity index (χ1v) is 16.0. The van der Waals surface area contributed by atoms with Gasteiger partial charge in [-0.15, -0.1) is 0 Å². The molecule has 230 valence electrons. The minimum Gasteiger partial charge on any atom is -0.491 e. The number of carboxylic acids is 1. The van der Waals surface area contributed by atoms with Crippen molar-refractivity contribution in [2.75, 3.05) is 44.2 Å². The molecule has 0 saturated carbocycles. The van der Waals surface area contributed by atoms with Gasteiger partial charge in [0.15, 0.2) is 0 Å². The van der Waals surface area contributed by atoms with Crippen molar-refractivity contribution >= 4 is 27.8 Å². The third-order valence-electron chi connectivity index (χ3n) is 7.70. The van der Waals surface area contributed by atoms with Gasteiger partial charge in [0, 0.05) is 49.5 Å². The van der Waals surface area contributed by atoms with Gasteiger partial charge >= 0.3 is 5.97 Å². The lowest BCUT2D eigenvalue weighted by molar-refractivity contribution is -0.140. The Hall–Kier alpha value is -4.37. The molecule has 44 heavy (non-hydrogen) atoms. The molecule has 2 N–H and O–H groups in total. The number of aliphatic carboxylic acids is 1. The van der Waals surface area contributed by atoms with Gasteiger partial charge in [0.2, 0.25) is 0 Å². The lowest BCUT2D eigenvalue weighted by Gasteiger charge is -2.36. The van der Waals surface area contributed by atoms with E-state index in [9.17, 15) is 23.1 Å². The molecule has 0 bridgehead atoms. The quantitative estimate of drug-likeness (QED) is 0.373. The molecule has 3 aromatic carbocycles. The molecular weight excluding hydrogens is 580 g/mol. The molecule has 2 heterocycles. The molecule has 0 radical (unpaired) electrons. The lowest BCUT2D eigenvalue weighted by atomic mass is 10.1. The van der Waals surface area contributed by atoms with E-state index in [4.69, 9.17) is 4.74 Å². The summed E-state index contributed by atoms with van der Waals surface area (Å²) in [6.07, 6.45) is 0. The van der Waals surface area contributed by atoms with Gasteiger partial charge in [-0.05, 0) is 53.9 Å². The molecule has 10 nitrogen and oxygen atoms in total. The van der Waals surface area contributed by atoms with Crippen LogP contribution in [0.3, 0.4) is 0 Å². The van der Waals surface area contributed by atoms with Crippen LogP contribution in [0.25, 0.3) is 0 Å². The van der Waals surface area contributed by atoms with E-state index in [0.29, 0.717) is 49.7 Å². The van der Waals surface area contributed by atoms with E-state index in [1.165, 1.54) is 4.31 Å². The zero-order valence-corrected chi connectivity index (χ0v) is 25.6. The highest BCUT2D eigenvalue weighted by Gasteiger charge is 2.33. The maximum Gasteiger partial charge on any atom is 0.322 e. The number of rotatable bonds is 8. The fraction of sp³-hybridized carbons (Fsp3) is 0.333. The Morgan fingerprint density at radius 3 is 2.25 bits per heavy atom. The first-order chi connectivity index (χ1) is 21.1. The van der Waals surface area contributed by atoms with Crippen LogP contribution in [-0.4, -0.2) is 80.0 Å². The number of hydrogen-bond donors (Lipinski definition) is 2. The van der Waals surface area contributed by atoms with Crippen molar-refractivity contribution in [2.45, 2.75) is 26.4 Å². The number of nitrogens with one attached hydrogen (secondary N) is 1. The number of fused-ring (bicyclic) bond motifs is 1. The van der Waals surface area contributed by atoms with Crippen molar-refractivity contribution in [3.8, 4) is 17.6 Å². The van der Waals surface area contributed by atoms with Crippen molar-refractivity contribution < 1.29 is 27.9 Å².